The van der Waals surface area contributed by atoms with Crippen molar-refractivity contribution in [3.63, 3.8) is 0 Å². The number of amides is 1. The van der Waals surface area contributed by atoms with E-state index in [9.17, 15) is 9.59 Å². The van der Waals surface area contributed by atoms with Crippen LogP contribution in [0.1, 0.15) is 37.7 Å². The fraction of sp³-hybridized carbons (Fsp3) is 0.348. The topological polar surface area (TPSA) is 64.0 Å². The Kier molecular flexibility index (Phi) is 6.44. The molecule has 30 heavy (non-hydrogen) atoms. The lowest BCUT2D eigenvalue weighted by atomic mass is 9.95. The minimum atomic E-state index is -0.166. The van der Waals surface area contributed by atoms with Crippen molar-refractivity contribution in [1.82, 2.24) is 14.9 Å². The Morgan fingerprint density at radius 2 is 1.97 bits per heavy atom. The second kappa shape index (κ2) is 9.23. The SMILES string of the molecule is Cc1ccccc1-n1c(SCC(=O)NC2CCCCC2)nc2cc(Cl)ccc2c1=O. The molecule has 7 heteroatoms. The van der Waals surface area contributed by atoms with Gasteiger partial charge in [0.05, 0.1) is 22.3 Å². The van der Waals surface area contributed by atoms with Gasteiger partial charge in [0.1, 0.15) is 0 Å². The third kappa shape index (κ3) is 4.55. The van der Waals surface area contributed by atoms with E-state index in [1.807, 2.05) is 31.2 Å². The van der Waals surface area contributed by atoms with Gasteiger partial charge in [0.25, 0.3) is 5.56 Å². The maximum absolute atomic E-state index is 13.3. The molecular formula is C23H24ClN3O2S. The van der Waals surface area contributed by atoms with Crippen LogP contribution in [-0.4, -0.2) is 27.3 Å². The molecule has 1 N–H and O–H groups in total. The summed E-state index contributed by atoms with van der Waals surface area (Å²) in [6, 6.07) is 13.0. The predicted octanol–water partition coefficient (Wildman–Crippen LogP) is 4.89. The van der Waals surface area contributed by atoms with Crippen LogP contribution in [0.5, 0.6) is 0 Å². The number of aryl methyl sites for hydroxylation is 1. The fourth-order valence-electron chi connectivity index (χ4n) is 3.91. The summed E-state index contributed by atoms with van der Waals surface area (Å²) in [7, 11) is 0. The van der Waals surface area contributed by atoms with Gasteiger partial charge in [-0.05, 0) is 49.6 Å². The number of para-hydroxylation sites is 1. The van der Waals surface area contributed by atoms with Crippen molar-refractivity contribution in [3.8, 4) is 5.69 Å². The molecule has 0 atom stereocenters. The van der Waals surface area contributed by atoms with Crippen LogP contribution in [0, 0.1) is 6.92 Å². The molecule has 2 aromatic carbocycles. The van der Waals surface area contributed by atoms with E-state index in [4.69, 9.17) is 16.6 Å². The van der Waals surface area contributed by atoms with Crippen molar-refractivity contribution in [3.05, 3.63) is 63.4 Å². The smallest absolute Gasteiger partial charge is 0.266 e. The van der Waals surface area contributed by atoms with Gasteiger partial charge in [0.2, 0.25) is 5.91 Å². The van der Waals surface area contributed by atoms with Crippen molar-refractivity contribution in [2.24, 2.45) is 0 Å². The van der Waals surface area contributed by atoms with Crippen molar-refractivity contribution in [2.75, 3.05) is 5.75 Å². The van der Waals surface area contributed by atoms with Crippen molar-refractivity contribution in [2.45, 2.75) is 50.2 Å². The summed E-state index contributed by atoms with van der Waals surface area (Å²) in [6.45, 7) is 1.96. The van der Waals surface area contributed by atoms with E-state index in [2.05, 4.69) is 5.32 Å². The summed E-state index contributed by atoms with van der Waals surface area (Å²) in [5.74, 6) is 0.185. The fourth-order valence-corrected chi connectivity index (χ4v) is 4.89. The zero-order chi connectivity index (χ0) is 21.1. The number of hydrogen-bond donors (Lipinski definition) is 1. The van der Waals surface area contributed by atoms with Gasteiger partial charge < -0.3 is 5.32 Å². The Morgan fingerprint density at radius 1 is 1.20 bits per heavy atom. The molecule has 1 saturated carbocycles. The minimum Gasteiger partial charge on any atom is -0.353 e. The Balaban J connectivity index is 1.68. The highest BCUT2D eigenvalue weighted by Gasteiger charge is 2.19. The van der Waals surface area contributed by atoms with Crippen LogP contribution in [0.15, 0.2) is 52.4 Å². The van der Waals surface area contributed by atoms with Gasteiger partial charge in [-0.3, -0.25) is 14.2 Å². The number of benzene rings is 2. The average Bonchev–Trinajstić information content (AvgIpc) is 2.74. The molecule has 1 fully saturated rings. The Morgan fingerprint density at radius 3 is 2.73 bits per heavy atom. The molecule has 0 unspecified atom stereocenters. The maximum atomic E-state index is 13.3. The first-order valence-corrected chi connectivity index (χ1v) is 11.6. The number of nitrogens with one attached hydrogen (secondary N) is 1. The highest BCUT2D eigenvalue weighted by molar-refractivity contribution is 7.99. The van der Waals surface area contributed by atoms with Gasteiger partial charge >= 0.3 is 0 Å². The molecule has 0 bridgehead atoms. The molecule has 0 saturated heterocycles. The monoisotopic (exact) mass is 441 g/mol. The summed E-state index contributed by atoms with van der Waals surface area (Å²) in [5.41, 5.74) is 2.10. The lowest BCUT2D eigenvalue weighted by Crippen LogP contribution is -2.37. The quantitative estimate of drug-likeness (QED) is 0.452. The Labute approximate surface area is 184 Å². The van der Waals surface area contributed by atoms with Crippen molar-refractivity contribution in [1.29, 1.82) is 0 Å². The van der Waals surface area contributed by atoms with E-state index < -0.39 is 0 Å². The molecule has 5 nitrogen and oxygen atoms in total. The summed E-state index contributed by atoms with van der Waals surface area (Å²) in [5, 5.41) is 4.63. The average molecular weight is 442 g/mol. The number of aromatic nitrogens is 2. The molecule has 4 rings (SSSR count). The molecule has 0 radical (unpaired) electrons. The molecule has 1 heterocycles. The lowest BCUT2D eigenvalue weighted by molar-refractivity contribution is -0.119. The standard InChI is InChI=1S/C23H24ClN3O2S/c1-15-7-5-6-10-20(15)27-22(29)18-12-11-16(24)13-19(18)26-23(27)30-14-21(28)25-17-8-3-2-4-9-17/h5-7,10-13,17H,2-4,8-9,14H2,1H3,(H,25,28). The van der Waals surface area contributed by atoms with Crippen LogP contribution in [-0.2, 0) is 4.79 Å². The molecule has 1 aliphatic carbocycles. The van der Waals surface area contributed by atoms with Crippen molar-refractivity contribution >= 4 is 40.2 Å². The zero-order valence-electron chi connectivity index (χ0n) is 16.9. The Hall–Kier alpha value is -2.31. The van der Waals surface area contributed by atoms with Crippen LogP contribution in [0.3, 0.4) is 0 Å². The summed E-state index contributed by atoms with van der Waals surface area (Å²) >= 11 is 7.40. The number of halogens is 1. The predicted molar refractivity (Wildman–Crippen MR) is 123 cm³/mol. The van der Waals surface area contributed by atoms with Gasteiger partial charge in [-0.15, -0.1) is 0 Å². The van der Waals surface area contributed by atoms with Crippen LogP contribution >= 0.6 is 23.4 Å². The third-order valence-corrected chi connectivity index (χ3v) is 6.63. The number of carbonyl (C=O) groups is 1. The second-order valence-electron chi connectivity index (χ2n) is 7.67. The molecule has 156 valence electrons. The largest absolute Gasteiger partial charge is 0.353 e. The maximum Gasteiger partial charge on any atom is 0.266 e. The van der Waals surface area contributed by atoms with E-state index in [0.717, 1.165) is 36.9 Å². The number of fused-ring (bicyclic) bond motifs is 1. The van der Waals surface area contributed by atoms with Crippen LogP contribution in [0.2, 0.25) is 5.02 Å². The van der Waals surface area contributed by atoms with Crippen molar-refractivity contribution < 1.29 is 4.79 Å². The van der Waals surface area contributed by atoms with Gasteiger partial charge in [-0.25, -0.2) is 4.98 Å². The van der Waals surface area contributed by atoms with Crippen LogP contribution in [0.4, 0.5) is 0 Å². The highest BCUT2D eigenvalue weighted by atomic mass is 35.5. The molecule has 3 aromatic rings. The molecule has 1 amide bonds. The second-order valence-corrected chi connectivity index (χ2v) is 9.05. The van der Waals surface area contributed by atoms with E-state index in [0.29, 0.717) is 21.1 Å². The molecule has 0 aliphatic heterocycles. The van der Waals surface area contributed by atoms with E-state index >= 15 is 0 Å². The third-order valence-electron chi connectivity index (χ3n) is 5.46. The van der Waals surface area contributed by atoms with E-state index in [1.165, 1.54) is 18.2 Å². The number of hydrogen-bond acceptors (Lipinski definition) is 4. The summed E-state index contributed by atoms with van der Waals surface area (Å²) < 4.78 is 1.60. The van der Waals surface area contributed by atoms with Crippen LogP contribution < -0.4 is 10.9 Å². The Bertz CT molecular complexity index is 1140. The normalized spacial score (nSPS) is 14.7. The van der Waals surface area contributed by atoms with Gasteiger partial charge in [0, 0.05) is 11.1 Å². The summed E-state index contributed by atoms with van der Waals surface area (Å²) in [4.78, 5) is 30.6. The zero-order valence-corrected chi connectivity index (χ0v) is 18.4. The van der Waals surface area contributed by atoms with E-state index in [-0.39, 0.29) is 23.3 Å². The van der Waals surface area contributed by atoms with E-state index in [1.54, 1.807) is 22.8 Å². The first kappa shape index (κ1) is 20.9. The number of carbonyl (C=O) groups excluding carboxylic acids is 1. The lowest BCUT2D eigenvalue weighted by Gasteiger charge is -2.22. The number of thioether (sulfide) groups is 1. The highest BCUT2D eigenvalue weighted by Crippen LogP contribution is 2.25. The molecular weight excluding hydrogens is 418 g/mol. The minimum absolute atomic E-state index is 0.0244. The first-order valence-electron chi connectivity index (χ1n) is 10.2. The summed E-state index contributed by atoms with van der Waals surface area (Å²) in [6.07, 6.45) is 5.65. The van der Waals surface area contributed by atoms with Gasteiger partial charge in [0.15, 0.2) is 5.16 Å². The van der Waals surface area contributed by atoms with Gasteiger partial charge in [-0.2, -0.15) is 0 Å². The first-order chi connectivity index (χ1) is 14.5. The molecule has 1 aromatic heterocycles. The number of nitrogens with zero attached hydrogens (tertiary/aromatic N) is 2. The molecule has 1 aliphatic rings. The van der Waals surface area contributed by atoms with Gasteiger partial charge in [-0.1, -0.05) is 60.8 Å². The number of rotatable bonds is 5. The van der Waals surface area contributed by atoms with Crippen LogP contribution in [0.25, 0.3) is 16.6 Å². The molecule has 0 spiro atoms.